The summed E-state index contributed by atoms with van der Waals surface area (Å²) < 4.78 is 6.52. The quantitative estimate of drug-likeness (QED) is 0.543. The summed E-state index contributed by atoms with van der Waals surface area (Å²) in [6.45, 7) is 3.41. The molecule has 17 heavy (non-hydrogen) atoms. The number of nitrogens with one attached hydrogen (secondary N) is 2. The molecule has 0 radical (unpaired) electrons. The molecule has 1 heterocycles. The van der Waals surface area contributed by atoms with Crippen LogP contribution in [0, 0.1) is 0 Å². The predicted octanol–water partition coefficient (Wildman–Crippen LogP) is -0.980. The van der Waals surface area contributed by atoms with Crippen LogP contribution in [-0.2, 0) is 16.1 Å². The molecule has 0 bridgehead atoms. The maximum Gasteiger partial charge on any atom is 0.221 e. The zero-order chi connectivity index (χ0) is 12.3. The Bertz CT molecular complexity index is 302. The van der Waals surface area contributed by atoms with Crippen molar-refractivity contribution in [1.82, 2.24) is 25.6 Å². The lowest BCUT2D eigenvalue weighted by atomic mass is 10.4. The van der Waals surface area contributed by atoms with E-state index >= 15 is 0 Å². The summed E-state index contributed by atoms with van der Waals surface area (Å²) in [6.07, 6.45) is 3.75. The maximum absolute atomic E-state index is 11.4. The molecule has 0 unspecified atom stereocenters. The van der Waals surface area contributed by atoms with Crippen molar-refractivity contribution in [2.24, 2.45) is 0 Å². The Hall–Kier alpha value is -1.47. The number of nitrogens with zero attached hydrogens (tertiary/aromatic N) is 3. The Morgan fingerprint density at radius 3 is 3.00 bits per heavy atom. The Labute approximate surface area is 101 Å². The Balaban J connectivity index is 1.94. The van der Waals surface area contributed by atoms with Crippen molar-refractivity contribution in [3.63, 3.8) is 0 Å². The molecule has 1 amide bonds. The van der Waals surface area contributed by atoms with Crippen LogP contribution in [0.1, 0.15) is 6.42 Å². The number of aromatic nitrogens is 3. The fourth-order valence-corrected chi connectivity index (χ4v) is 1.25. The molecule has 1 rings (SSSR count). The van der Waals surface area contributed by atoms with Crippen LogP contribution < -0.4 is 10.6 Å². The van der Waals surface area contributed by atoms with Gasteiger partial charge in [0.1, 0.15) is 0 Å². The smallest absolute Gasteiger partial charge is 0.221 e. The van der Waals surface area contributed by atoms with E-state index < -0.39 is 0 Å². The minimum absolute atomic E-state index is 0.0223. The van der Waals surface area contributed by atoms with Crippen molar-refractivity contribution in [2.75, 3.05) is 33.4 Å². The van der Waals surface area contributed by atoms with Crippen molar-refractivity contribution in [3.05, 3.63) is 12.4 Å². The molecule has 7 nitrogen and oxygen atoms in total. The summed E-state index contributed by atoms with van der Waals surface area (Å²) in [6, 6.07) is 0. The number of hydrogen-bond acceptors (Lipinski definition) is 5. The van der Waals surface area contributed by atoms with Crippen molar-refractivity contribution in [2.45, 2.75) is 13.0 Å². The van der Waals surface area contributed by atoms with E-state index in [1.54, 1.807) is 24.2 Å². The molecule has 0 saturated carbocycles. The van der Waals surface area contributed by atoms with Crippen LogP contribution in [0.4, 0.5) is 0 Å². The molecule has 1 aromatic rings. The second kappa shape index (κ2) is 8.66. The topological polar surface area (TPSA) is 81.1 Å². The van der Waals surface area contributed by atoms with Crippen LogP contribution in [0.2, 0.25) is 0 Å². The summed E-state index contributed by atoms with van der Waals surface area (Å²) in [5.41, 5.74) is 0. The van der Waals surface area contributed by atoms with Gasteiger partial charge in [-0.05, 0) is 0 Å². The summed E-state index contributed by atoms with van der Waals surface area (Å²) in [5.74, 6) is 0.0223. The third-order valence-electron chi connectivity index (χ3n) is 2.15. The highest BCUT2D eigenvalue weighted by molar-refractivity contribution is 5.75. The van der Waals surface area contributed by atoms with E-state index in [-0.39, 0.29) is 5.91 Å². The van der Waals surface area contributed by atoms with Gasteiger partial charge in [0.2, 0.25) is 5.91 Å². The molecule has 0 saturated heterocycles. The van der Waals surface area contributed by atoms with E-state index in [9.17, 15) is 4.79 Å². The van der Waals surface area contributed by atoms with Gasteiger partial charge < -0.3 is 15.4 Å². The highest BCUT2D eigenvalue weighted by atomic mass is 16.5. The van der Waals surface area contributed by atoms with Crippen LogP contribution in [0.15, 0.2) is 12.4 Å². The molecule has 2 N–H and O–H groups in total. The standard InChI is InChI=1S/C10H19N5O2/c1-17-9-6-11-3-4-12-10(16)2-7-15-8-5-13-14-15/h5,8,11H,2-4,6-7,9H2,1H3,(H,12,16). The lowest BCUT2D eigenvalue weighted by molar-refractivity contribution is -0.121. The summed E-state index contributed by atoms with van der Waals surface area (Å²) >= 11 is 0. The van der Waals surface area contributed by atoms with Crippen molar-refractivity contribution in [3.8, 4) is 0 Å². The number of rotatable bonds is 9. The first kappa shape index (κ1) is 13.6. The second-order valence-electron chi connectivity index (χ2n) is 3.51. The van der Waals surface area contributed by atoms with Gasteiger partial charge in [0.25, 0.3) is 0 Å². The highest BCUT2D eigenvalue weighted by Gasteiger charge is 2.01. The van der Waals surface area contributed by atoms with Gasteiger partial charge in [0.15, 0.2) is 0 Å². The Kier molecular flexibility index (Phi) is 6.92. The average molecular weight is 241 g/mol. The van der Waals surface area contributed by atoms with Crippen molar-refractivity contribution in [1.29, 1.82) is 0 Å². The Morgan fingerprint density at radius 1 is 1.41 bits per heavy atom. The molecule has 0 aromatic carbocycles. The van der Waals surface area contributed by atoms with Crippen LogP contribution in [0.25, 0.3) is 0 Å². The summed E-state index contributed by atoms with van der Waals surface area (Å²) in [4.78, 5) is 11.4. The average Bonchev–Trinajstić information content (AvgIpc) is 2.84. The number of methoxy groups -OCH3 is 1. The van der Waals surface area contributed by atoms with E-state index in [1.165, 1.54) is 0 Å². The van der Waals surface area contributed by atoms with Gasteiger partial charge in [-0.15, -0.1) is 5.10 Å². The first-order chi connectivity index (χ1) is 8.33. The molecule has 0 aliphatic carbocycles. The van der Waals surface area contributed by atoms with E-state index in [0.29, 0.717) is 26.1 Å². The van der Waals surface area contributed by atoms with Gasteiger partial charge in [-0.1, -0.05) is 5.21 Å². The summed E-state index contributed by atoms with van der Waals surface area (Å²) in [7, 11) is 1.66. The molecule has 0 aliphatic rings. The largest absolute Gasteiger partial charge is 0.383 e. The minimum Gasteiger partial charge on any atom is -0.383 e. The normalized spacial score (nSPS) is 10.4. The Morgan fingerprint density at radius 2 is 2.29 bits per heavy atom. The number of amides is 1. The van der Waals surface area contributed by atoms with Crippen LogP contribution in [0.3, 0.4) is 0 Å². The molecular formula is C10H19N5O2. The molecule has 0 aliphatic heterocycles. The molecule has 1 aromatic heterocycles. The third-order valence-corrected chi connectivity index (χ3v) is 2.15. The molecule has 7 heteroatoms. The zero-order valence-corrected chi connectivity index (χ0v) is 10.1. The monoisotopic (exact) mass is 241 g/mol. The van der Waals surface area contributed by atoms with Crippen molar-refractivity contribution >= 4 is 5.91 Å². The molecule has 96 valence electrons. The highest BCUT2D eigenvalue weighted by Crippen LogP contribution is 1.86. The van der Waals surface area contributed by atoms with Crippen LogP contribution >= 0.6 is 0 Å². The SMILES string of the molecule is COCCNCCNC(=O)CCn1ccnn1. The maximum atomic E-state index is 11.4. The zero-order valence-electron chi connectivity index (χ0n) is 10.1. The van der Waals surface area contributed by atoms with Gasteiger partial charge in [0, 0.05) is 39.4 Å². The minimum atomic E-state index is 0.0223. The summed E-state index contributed by atoms with van der Waals surface area (Å²) in [5, 5.41) is 13.4. The van der Waals surface area contributed by atoms with E-state index in [1.807, 2.05) is 0 Å². The molecule has 0 fully saturated rings. The number of ether oxygens (including phenoxy) is 1. The van der Waals surface area contributed by atoms with Gasteiger partial charge in [-0.25, -0.2) is 0 Å². The number of carbonyl (C=O) groups excluding carboxylic acids is 1. The van der Waals surface area contributed by atoms with E-state index in [0.717, 1.165) is 13.1 Å². The fraction of sp³-hybridized carbons (Fsp3) is 0.700. The van der Waals surface area contributed by atoms with Crippen LogP contribution in [-0.4, -0.2) is 54.3 Å². The lowest BCUT2D eigenvalue weighted by Crippen LogP contribution is -2.33. The van der Waals surface area contributed by atoms with Gasteiger partial charge >= 0.3 is 0 Å². The fourth-order valence-electron chi connectivity index (χ4n) is 1.25. The van der Waals surface area contributed by atoms with Gasteiger partial charge in [0.05, 0.1) is 19.3 Å². The molecule has 0 spiro atoms. The van der Waals surface area contributed by atoms with Gasteiger partial charge in [-0.3, -0.25) is 9.48 Å². The second-order valence-corrected chi connectivity index (χ2v) is 3.51. The number of carbonyl (C=O) groups is 1. The number of hydrogen-bond donors (Lipinski definition) is 2. The third kappa shape index (κ3) is 6.64. The first-order valence-electron chi connectivity index (χ1n) is 5.63. The molecule has 0 atom stereocenters. The van der Waals surface area contributed by atoms with Crippen molar-refractivity contribution < 1.29 is 9.53 Å². The van der Waals surface area contributed by atoms with Gasteiger partial charge in [-0.2, -0.15) is 0 Å². The lowest BCUT2D eigenvalue weighted by Gasteiger charge is -2.06. The van der Waals surface area contributed by atoms with E-state index in [4.69, 9.17) is 4.74 Å². The molecular weight excluding hydrogens is 222 g/mol. The van der Waals surface area contributed by atoms with Crippen LogP contribution in [0.5, 0.6) is 0 Å². The number of aryl methyl sites for hydroxylation is 1. The predicted molar refractivity (Wildman–Crippen MR) is 62.4 cm³/mol. The van der Waals surface area contributed by atoms with E-state index in [2.05, 4.69) is 20.9 Å². The first-order valence-corrected chi connectivity index (χ1v) is 5.63.